The summed E-state index contributed by atoms with van der Waals surface area (Å²) < 4.78 is 57.2. The van der Waals surface area contributed by atoms with E-state index in [0.717, 1.165) is 55.0 Å². The largest absolute Gasteiger partial charge is 0.497 e. The van der Waals surface area contributed by atoms with Crippen molar-refractivity contribution in [2.75, 3.05) is 13.7 Å². The molecule has 11 heteroatoms. The highest BCUT2D eigenvalue weighted by molar-refractivity contribution is 5.94. The number of rotatable bonds is 9. The number of nitrogens with one attached hydrogen (secondary N) is 1. The summed E-state index contributed by atoms with van der Waals surface area (Å²) in [7, 11) is 1.52. The standard InChI is InChI=1S/C35H32F3N5O3/c1-45-25-7-3-22(4-8-25)20-46-31-27(36)18-26(29(37)30(31)38)33(44)41-21-34-9-12-35(13-10-34,14-11-34)43-19-24-6-5-23(17-28(24)42-43)32-39-15-2-16-40-32/h2-8,15-19H,9-14,20-21H2,1H3,(H,41,44)/t34-,35+. The number of carbonyl (C=O) groups excluding carboxylic acids is 1. The third-order valence-corrected chi connectivity index (χ3v) is 9.71. The molecule has 236 valence electrons. The van der Waals surface area contributed by atoms with Crippen molar-refractivity contribution in [2.45, 2.75) is 50.7 Å². The summed E-state index contributed by atoms with van der Waals surface area (Å²) in [5, 5.41) is 8.77. The van der Waals surface area contributed by atoms with Gasteiger partial charge in [-0.2, -0.15) is 9.49 Å². The van der Waals surface area contributed by atoms with Gasteiger partial charge in [-0.15, -0.1) is 0 Å². The molecule has 3 saturated carbocycles. The zero-order valence-corrected chi connectivity index (χ0v) is 25.2. The van der Waals surface area contributed by atoms with E-state index in [1.807, 2.05) is 18.2 Å². The average molecular weight is 628 g/mol. The summed E-state index contributed by atoms with van der Waals surface area (Å²) in [5.74, 6) is -4.58. The predicted octanol–water partition coefficient (Wildman–Crippen LogP) is 6.98. The van der Waals surface area contributed by atoms with Crippen LogP contribution in [0.2, 0.25) is 0 Å². The van der Waals surface area contributed by atoms with Crippen LogP contribution in [-0.2, 0) is 12.1 Å². The highest BCUT2D eigenvalue weighted by Crippen LogP contribution is 2.55. The van der Waals surface area contributed by atoms with Gasteiger partial charge in [-0.1, -0.05) is 24.3 Å². The maximum Gasteiger partial charge on any atom is 0.254 e. The van der Waals surface area contributed by atoms with E-state index in [0.29, 0.717) is 29.7 Å². The van der Waals surface area contributed by atoms with Crippen LogP contribution in [0.4, 0.5) is 13.2 Å². The maximum absolute atomic E-state index is 15.0. The number of benzene rings is 3. The van der Waals surface area contributed by atoms with Crippen LogP contribution in [0.3, 0.4) is 0 Å². The Hall–Kier alpha value is -4.93. The first-order valence-electron chi connectivity index (χ1n) is 15.3. The molecule has 0 radical (unpaired) electrons. The average Bonchev–Trinajstić information content (AvgIpc) is 3.55. The molecule has 3 aliphatic carbocycles. The van der Waals surface area contributed by atoms with Crippen LogP contribution in [-0.4, -0.2) is 39.3 Å². The van der Waals surface area contributed by atoms with Crippen molar-refractivity contribution in [3.8, 4) is 22.9 Å². The second kappa shape index (κ2) is 11.8. The molecule has 2 heterocycles. The van der Waals surface area contributed by atoms with Crippen LogP contribution in [0, 0.1) is 22.9 Å². The van der Waals surface area contributed by atoms with Gasteiger partial charge in [-0.3, -0.25) is 9.48 Å². The summed E-state index contributed by atoms with van der Waals surface area (Å²) in [4.78, 5) is 21.7. The molecule has 0 aliphatic heterocycles. The zero-order chi connectivity index (χ0) is 31.9. The third-order valence-electron chi connectivity index (χ3n) is 9.71. The van der Waals surface area contributed by atoms with Gasteiger partial charge in [0.1, 0.15) is 12.4 Å². The van der Waals surface area contributed by atoms with Gasteiger partial charge in [0.2, 0.25) is 5.82 Å². The van der Waals surface area contributed by atoms with Gasteiger partial charge < -0.3 is 14.8 Å². The molecule has 1 N–H and O–H groups in total. The van der Waals surface area contributed by atoms with Crippen LogP contribution < -0.4 is 14.8 Å². The lowest BCUT2D eigenvalue weighted by Gasteiger charge is -2.53. The van der Waals surface area contributed by atoms with Gasteiger partial charge in [-0.05, 0) is 79.8 Å². The van der Waals surface area contributed by atoms with Crippen molar-refractivity contribution < 1.29 is 27.4 Å². The smallest absolute Gasteiger partial charge is 0.254 e. The van der Waals surface area contributed by atoms with Crippen molar-refractivity contribution in [1.29, 1.82) is 0 Å². The summed E-state index contributed by atoms with van der Waals surface area (Å²) in [5.41, 5.74) is 1.42. The van der Waals surface area contributed by atoms with Crippen LogP contribution in [0.1, 0.15) is 54.4 Å². The highest BCUT2D eigenvalue weighted by atomic mass is 19.2. The number of halogens is 3. The van der Waals surface area contributed by atoms with Gasteiger partial charge in [0.15, 0.2) is 23.2 Å². The Labute approximate surface area is 263 Å². The zero-order valence-electron chi connectivity index (χ0n) is 25.2. The maximum atomic E-state index is 15.0. The Bertz CT molecular complexity index is 1890. The first-order valence-corrected chi connectivity index (χ1v) is 15.3. The van der Waals surface area contributed by atoms with E-state index in [9.17, 15) is 18.0 Å². The predicted molar refractivity (Wildman–Crippen MR) is 165 cm³/mol. The monoisotopic (exact) mass is 627 g/mol. The van der Waals surface area contributed by atoms with E-state index in [4.69, 9.17) is 14.6 Å². The fourth-order valence-electron chi connectivity index (χ4n) is 6.81. The van der Waals surface area contributed by atoms with E-state index in [1.165, 1.54) is 7.11 Å². The lowest BCUT2D eigenvalue weighted by atomic mass is 9.57. The van der Waals surface area contributed by atoms with E-state index in [2.05, 4.69) is 26.2 Å². The summed E-state index contributed by atoms with van der Waals surface area (Å²) in [6.07, 6.45) is 10.7. The molecular formula is C35H32F3N5O3. The summed E-state index contributed by atoms with van der Waals surface area (Å²) >= 11 is 0. The molecule has 2 bridgehead atoms. The van der Waals surface area contributed by atoms with E-state index in [1.54, 1.807) is 42.7 Å². The molecule has 1 amide bonds. The Morgan fingerprint density at radius 3 is 2.35 bits per heavy atom. The molecule has 5 aromatic rings. The molecule has 8 rings (SSSR count). The number of carbonyl (C=O) groups is 1. The summed E-state index contributed by atoms with van der Waals surface area (Å²) in [6.45, 7) is 0.104. The van der Waals surface area contributed by atoms with E-state index >= 15 is 0 Å². The Morgan fingerprint density at radius 2 is 1.65 bits per heavy atom. The Balaban J connectivity index is 0.993. The number of aromatic nitrogens is 4. The number of hydrogen-bond acceptors (Lipinski definition) is 6. The quantitative estimate of drug-likeness (QED) is 0.178. The fourth-order valence-corrected chi connectivity index (χ4v) is 6.81. The minimum absolute atomic E-state index is 0.117. The number of hydrogen-bond donors (Lipinski definition) is 1. The van der Waals surface area contributed by atoms with Crippen LogP contribution >= 0.6 is 0 Å². The van der Waals surface area contributed by atoms with Gasteiger partial charge in [0.05, 0.1) is 23.7 Å². The van der Waals surface area contributed by atoms with E-state index < -0.39 is 34.7 Å². The van der Waals surface area contributed by atoms with Crippen molar-refractivity contribution >= 4 is 16.8 Å². The molecule has 46 heavy (non-hydrogen) atoms. The van der Waals surface area contributed by atoms with Gasteiger partial charge >= 0.3 is 0 Å². The van der Waals surface area contributed by atoms with Crippen molar-refractivity contribution in [3.05, 3.63) is 102 Å². The fraction of sp³-hybridized carbons (Fsp3) is 0.314. The first kappa shape index (κ1) is 29.8. The molecule has 2 aromatic heterocycles. The highest BCUT2D eigenvalue weighted by Gasteiger charge is 2.50. The molecule has 0 unspecified atom stereocenters. The minimum Gasteiger partial charge on any atom is -0.497 e. The third kappa shape index (κ3) is 5.44. The number of nitrogens with zero attached hydrogens (tertiary/aromatic N) is 4. The topological polar surface area (TPSA) is 91.2 Å². The summed E-state index contributed by atoms with van der Waals surface area (Å²) in [6, 6.07) is 15.2. The molecule has 3 aliphatic rings. The number of methoxy groups -OCH3 is 1. The van der Waals surface area contributed by atoms with Crippen molar-refractivity contribution in [1.82, 2.24) is 25.1 Å². The van der Waals surface area contributed by atoms with Gasteiger partial charge in [0, 0.05) is 36.1 Å². The van der Waals surface area contributed by atoms with Crippen LogP contribution in [0.5, 0.6) is 11.5 Å². The normalized spacial score (nSPS) is 20.5. The molecule has 0 spiro atoms. The van der Waals surface area contributed by atoms with Crippen molar-refractivity contribution in [3.63, 3.8) is 0 Å². The van der Waals surface area contributed by atoms with Crippen LogP contribution in [0.15, 0.2) is 73.2 Å². The second-order valence-electron chi connectivity index (χ2n) is 12.3. The molecule has 8 nitrogen and oxygen atoms in total. The molecule has 0 atom stereocenters. The lowest BCUT2D eigenvalue weighted by molar-refractivity contribution is -0.00564. The SMILES string of the molecule is COc1ccc(COc2c(F)cc(C(=O)NC[C@]34CC[C@](n5cc6ccc(-c7ncccn7)cc6n5)(CC3)CC4)c(F)c2F)cc1. The van der Waals surface area contributed by atoms with Crippen molar-refractivity contribution in [2.24, 2.45) is 5.41 Å². The number of amides is 1. The molecule has 3 aromatic carbocycles. The van der Waals surface area contributed by atoms with Gasteiger partial charge in [-0.25, -0.2) is 18.7 Å². The molecule has 3 fully saturated rings. The lowest BCUT2D eigenvalue weighted by Crippen LogP contribution is -2.51. The van der Waals surface area contributed by atoms with Gasteiger partial charge in [0.25, 0.3) is 5.91 Å². The number of fused-ring (bicyclic) bond motifs is 4. The Morgan fingerprint density at radius 1 is 0.935 bits per heavy atom. The molecule has 0 saturated heterocycles. The number of ether oxygens (including phenoxy) is 2. The minimum atomic E-state index is -1.54. The molecular weight excluding hydrogens is 595 g/mol. The first-order chi connectivity index (χ1) is 22.3. The van der Waals surface area contributed by atoms with E-state index in [-0.39, 0.29) is 17.6 Å². The second-order valence-corrected chi connectivity index (χ2v) is 12.3. The Kier molecular flexibility index (Phi) is 7.62. The van der Waals surface area contributed by atoms with Crippen LogP contribution in [0.25, 0.3) is 22.3 Å².